The molecule has 0 aliphatic carbocycles. The monoisotopic (exact) mass is 319 g/mol. The van der Waals surface area contributed by atoms with Crippen molar-refractivity contribution in [1.29, 1.82) is 0 Å². The Morgan fingerprint density at radius 3 is 2.48 bits per heavy atom. The molecule has 0 N–H and O–H groups in total. The summed E-state index contributed by atoms with van der Waals surface area (Å²) in [5.41, 5.74) is 0.130. The second-order valence-corrected chi connectivity index (χ2v) is 5.58. The van der Waals surface area contributed by atoms with Crippen molar-refractivity contribution in [2.24, 2.45) is 0 Å². The number of nitrogens with zero attached hydrogens (tertiary/aromatic N) is 1. The van der Waals surface area contributed by atoms with Crippen molar-refractivity contribution in [2.75, 3.05) is 20.8 Å². The largest absolute Gasteiger partial charge is 0.497 e. The first-order valence-electron chi connectivity index (χ1n) is 7.30. The van der Waals surface area contributed by atoms with Gasteiger partial charge in [-0.25, -0.2) is 4.79 Å². The van der Waals surface area contributed by atoms with Crippen LogP contribution in [0.5, 0.6) is 11.5 Å². The van der Waals surface area contributed by atoms with E-state index in [0.717, 1.165) is 6.29 Å². The van der Waals surface area contributed by atoms with Crippen LogP contribution in [-0.2, 0) is 15.1 Å². The maximum atomic E-state index is 12.3. The molecule has 0 bridgehead atoms. The summed E-state index contributed by atoms with van der Waals surface area (Å²) in [5.74, 6) is 0.710. The summed E-state index contributed by atoms with van der Waals surface area (Å²) in [6.45, 7) is 5.52. The Labute approximate surface area is 134 Å². The van der Waals surface area contributed by atoms with Crippen molar-refractivity contribution in [2.45, 2.75) is 26.3 Å². The Morgan fingerprint density at radius 2 is 1.96 bits per heavy atom. The average molecular weight is 319 g/mol. The number of ether oxygens (including phenoxy) is 3. The minimum Gasteiger partial charge on any atom is -0.497 e. The summed E-state index contributed by atoms with van der Waals surface area (Å²) < 4.78 is 17.5. The van der Waals surface area contributed by atoms with E-state index in [-0.39, 0.29) is 12.6 Å². The highest BCUT2D eigenvalue weighted by molar-refractivity contribution is 6.03. The van der Waals surface area contributed by atoms with Gasteiger partial charge in [-0.3, -0.25) is 4.79 Å². The van der Waals surface area contributed by atoms with Crippen LogP contribution in [0.25, 0.3) is 10.9 Å². The number of carbonyl (C=O) groups is 2. The minimum absolute atomic E-state index is 0.286. The van der Waals surface area contributed by atoms with Gasteiger partial charge in [0.05, 0.1) is 31.7 Å². The SMILES string of the molecule is CCOC(=O)C(C)(C)n1cc(C=O)c2c(OC)cc(OC)cc21. The Kier molecular flexibility index (Phi) is 4.63. The van der Waals surface area contributed by atoms with E-state index in [1.807, 2.05) is 0 Å². The number of rotatable bonds is 6. The van der Waals surface area contributed by atoms with Gasteiger partial charge in [-0.2, -0.15) is 0 Å². The number of carbonyl (C=O) groups excluding carboxylic acids is 2. The molecule has 2 rings (SSSR count). The van der Waals surface area contributed by atoms with Crippen molar-refractivity contribution < 1.29 is 23.8 Å². The standard InChI is InChI=1S/C17H21NO5/c1-6-23-16(20)17(2,3)18-9-11(10-19)15-13(18)7-12(21-4)8-14(15)22-5/h7-10H,6H2,1-5H3. The van der Waals surface area contributed by atoms with Gasteiger partial charge >= 0.3 is 5.97 Å². The normalized spacial score (nSPS) is 11.3. The minimum atomic E-state index is -0.979. The number of methoxy groups -OCH3 is 2. The Bertz CT molecular complexity index is 745. The lowest BCUT2D eigenvalue weighted by molar-refractivity contribution is -0.151. The number of aldehydes is 1. The van der Waals surface area contributed by atoms with Gasteiger partial charge in [0.2, 0.25) is 0 Å². The van der Waals surface area contributed by atoms with Crippen LogP contribution < -0.4 is 9.47 Å². The average Bonchev–Trinajstić information content (AvgIpc) is 2.93. The zero-order chi connectivity index (χ0) is 17.2. The Morgan fingerprint density at radius 1 is 1.26 bits per heavy atom. The zero-order valence-corrected chi connectivity index (χ0v) is 14.0. The van der Waals surface area contributed by atoms with Crippen LogP contribution in [0.1, 0.15) is 31.1 Å². The summed E-state index contributed by atoms with van der Waals surface area (Å²) in [6.07, 6.45) is 2.38. The highest BCUT2D eigenvalue weighted by atomic mass is 16.5. The van der Waals surface area contributed by atoms with E-state index >= 15 is 0 Å². The molecule has 0 fully saturated rings. The van der Waals surface area contributed by atoms with Crippen molar-refractivity contribution in [1.82, 2.24) is 4.57 Å². The highest BCUT2D eigenvalue weighted by Gasteiger charge is 2.33. The lowest BCUT2D eigenvalue weighted by Gasteiger charge is -2.25. The van der Waals surface area contributed by atoms with Gasteiger partial charge in [-0.1, -0.05) is 0 Å². The van der Waals surface area contributed by atoms with E-state index in [1.54, 1.807) is 50.8 Å². The van der Waals surface area contributed by atoms with Crippen molar-refractivity contribution in [3.8, 4) is 11.5 Å². The fraction of sp³-hybridized carbons (Fsp3) is 0.412. The van der Waals surface area contributed by atoms with Gasteiger partial charge in [-0.05, 0) is 20.8 Å². The molecule has 0 spiro atoms. The fourth-order valence-corrected chi connectivity index (χ4v) is 2.57. The highest BCUT2D eigenvalue weighted by Crippen LogP contribution is 2.37. The molecule has 2 aromatic rings. The van der Waals surface area contributed by atoms with Crippen molar-refractivity contribution >= 4 is 23.2 Å². The third kappa shape index (κ3) is 2.76. The van der Waals surface area contributed by atoms with Crippen molar-refractivity contribution in [3.63, 3.8) is 0 Å². The predicted octanol–water partition coefficient (Wildman–Crippen LogP) is 2.77. The number of benzene rings is 1. The molecule has 1 aromatic carbocycles. The fourth-order valence-electron chi connectivity index (χ4n) is 2.57. The van der Waals surface area contributed by atoms with Gasteiger partial charge in [0.25, 0.3) is 0 Å². The van der Waals surface area contributed by atoms with Crippen LogP contribution in [0.15, 0.2) is 18.3 Å². The lowest BCUT2D eigenvalue weighted by Crippen LogP contribution is -2.37. The van der Waals surface area contributed by atoms with Crippen LogP contribution in [0.3, 0.4) is 0 Å². The first-order chi connectivity index (χ1) is 10.9. The Hall–Kier alpha value is -2.50. The van der Waals surface area contributed by atoms with Crippen LogP contribution in [-0.4, -0.2) is 37.6 Å². The number of esters is 1. The zero-order valence-electron chi connectivity index (χ0n) is 14.0. The first kappa shape index (κ1) is 16.9. The third-order valence-electron chi connectivity index (χ3n) is 3.83. The van der Waals surface area contributed by atoms with Gasteiger partial charge in [-0.15, -0.1) is 0 Å². The molecule has 6 nitrogen and oxygen atoms in total. The molecule has 6 heteroatoms. The van der Waals surface area contributed by atoms with Crippen molar-refractivity contribution in [3.05, 3.63) is 23.9 Å². The van der Waals surface area contributed by atoms with E-state index in [1.165, 1.54) is 7.11 Å². The van der Waals surface area contributed by atoms with Gasteiger partial charge in [0.1, 0.15) is 17.0 Å². The molecule has 1 aromatic heterocycles. The molecule has 23 heavy (non-hydrogen) atoms. The van der Waals surface area contributed by atoms with Crippen LogP contribution in [0, 0.1) is 0 Å². The molecule has 0 aliphatic rings. The van der Waals surface area contributed by atoms with Gasteiger partial charge < -0.3 is 18.8 Å². The molecule has 1 heterocycles. The maximum absolute atomic E-state index is 12.3. The van der Waals surface area contributed by atoms with E-state index in [2.05, 4.69) is 0 Å². The van der Waals surface area contributed by atoms with Crippen LogP contribution in [0.4, 0.5) is 0 Å². The lowest BCUT2D eigenvalue weighted by atomic mass is 10.1. The second-order valence-electron chi connectivity index (χ2n) is 5.58. The molecule has 0 unspecified atom stereocenters. The molecule has 124 valence electrons. The van der Waals surface area contributed by atoms with E-state index in [9.17, 15) is 9.59 Å². The predicted molar refractivity (Wildman–Crippen MR) is 86.4 cm³/mol. The smallest absolute Gasteiger partial charge is 0.331 e. The molecule has 0 atom stereocenters. The van der Waals surface area contributed by atoms with E-state index in [0.29, 0.717) is 28.0 Å². The number of hydrogen-bond donors (Lipinski definition) is 0. The van der Waals surface area contributed by atoms with Crippen LogP contribution >= 0.6 is 0 Å². The topological polar surface area (TPSA) is 66.8 Å². The Balaban J connectivity index is 2.79. The van der Waals surface area contributed by atoms with Gasteiger partial charge in [0, 0.05) is 23.9 Å². The number of fused-ring (bicyclic) bond motifs is 1. The van der Waals surface area contributed by atoms with E-state index in [4.69, 9.17) is 14.2 Å². The number of hydrogen-bond acceptors (Lipinski definition) is 5. The summed E-state index contributed by atoms with van der Waals surface area (Å²) in [5, 5.41) is 0.640. The number of aromatic nitrogens is 1. The summed E-state index contributed by atoms with van der Waals surface area (Å²) in [6, 6.07) is 3.48. The molecule has 0 saturated heterocycles. The molecule has 0 saturated carbocycles. The van der Waals surface area contributed by atoms with Crippen LogP contribution in [0.2, 0.25) is 0 Å². The maximum Gasteiger partial charge on any atom is 0.331 e. The summed E-state index contributed by atoms with van der Waals surface area (Å²) in [4.78, 5) is 23.8. The van der Waals surface area contributed by atoms with Gasteiger partial charge in [0.15, 0.2) is 6.29 Å². The summed E-state index contributed by atoms with van der Waals surface area (Å²) >= 11 is 0. The molecular weight excluding hydrogens is 298 g/mol. The second kappa shape index (κ2) is 6.32. The molecular formula is C17H21NO5. The summed E-state index contributed by atoms with van der Waals surface area (Å²) in [7, 11) is 3.07. The molecule has 0 aliphatic heterocycles. The third-order valence-corrected chi connectivity index (χ3v) is 3.83. The van der Waals surface area contributed by atoms with E-state index < -0.39 is 5.54 Å². The molecule has 0 amide bonds. The quantitative estimate of drug-likeness (QED) is 0.605. The molecule has 0 radical (unpaired) electrons. The first-order valence-corrected chi connectivity index (χ1v) is 7.30.